The van der Waals surface area contributed by atoms with Gasteiger partial charge in [0.15, 0.2) is 11.5 Å². The highest BCUT2D eigenvalue weighted by atomic mass is 35.5. The van der Waals surface area contributed by atoms with Crippen molar-refractivity contribution in [3.8, 4) is 17.1 Å². The van der Waals surface area contributed by atoms with E-state index in [-0.39, 0.29) is 29.3 Å². The SMILES string of the molecule is O=c1c(Cc2c(C(F)(F)F)n[nH]c2CCl)nc2c(Cc3ccccc3)[nH]c(-c3ccccc3)cn1-2. The van der Waals surface area contributed by atoms with Crippen molar-refractivity contribution in [3.05, 3.63) is 111 Å². The van der Waals surface area contributed by atoms with E-state index in [1.807, 2.05) is 60.7 Å². The Kier molecular flexibility index (Phi) is 5.94. The monoisotopic (exact) mass is 497 g/mol. The number of fused-ring (bicyclic) bond motifs is 1. The Morgan fingerprint density at radius 2 is 1.63 bits per heavy atom. The second kappa shape index (κ2) is 9.07. The summed E-state index contributed by atoms with van der Waals surface area (Å²) in [7, 11) is 0. The van der Waals surface area contributed by atoms with Gasteiger partial charge in [0.1, 0.15) is 5.69 Å². The van der Waals surface area contributed by atoms with Crippen LogP contribution < -0.4 is 5.56 Å². The molecule has 0 fully saturated rings. The molecule has 0 bridgehead atoms. The van der Waals surface area contributed by atoms with Crippen LogP contribution in [0.4, 0.5) is 13.2 Å². The molecule has 0 radical (unpaired) electrons. The topological polar surface area (TPSA) is 79.4 Å². The highest BCUT2D eigenvalue weighted by molar-refractivity contribution is 6.17. The zero-order chi connectivity index (χ0) is 24.6. The van der Waals surface area contributed by atoms with E-state index in [9.17, 15) is 18.0 Å². The Bertz CT molecular complexity index is 1490. The van der Waals surface area contributed by atoms with Gasteiger partial charge in [0.25, 0.3) is 5.56 Å². The first-order valence-corrected chi connectivity index (χ1v) is 11.3. The Balaban J connectivity index is 1.66. The average molecular weight is 498 g/mol. The molecule has 0 saturated heterocycles. The first-order valence-electron chi connectivity index (χ1n) is 10.8. The summed E-state index contributed by atoms with van der Waals surface area (Å²) in [6.45, 7) is 0. The van der Waals surface area contributed by atoms with Crippen molar-refractivity contribution in [2.24, 2.45) is 0 Å². The average Bonchev–Trinajstić information content (AvgIpc) is 3.41. The van der Waals surface area contributed by atoms with E-state index >= 15 is 0 Å². The molecule has 178 valence electrons. The highest BCUT2D eigenvalue weighted by Crippen LogP contribution is 2.33. The van der Waals surface area contributed by atoms with Crippen LogP contribution >= 0.6 is 11.6 Å². The molecule has 1 aromatic heterocycles. The number of nitrogens with zero attached hydrogens (tertiary/aromatic N) is 3. The molecule has 0 aliphatic carbocycles. The van der Waals surface area contributed by atoms with Gasteiger partial charge < -0.3 is 4.98 Å². The molecule has 3 aromatic rings. The maximum atomic E-state index is 13.5. The second-order valence-corrected chi connectivity index (χ2v) is 8.34. The van der Waals surface area contributed by atoms with Gasteiger partial charge in [-0.2, -0.15) is 18.3 Å². The number of halogens is 4. The minimum Gasteiger partial charge on any atom is -0.354 e. The third-order valence-corrected chi connectivity index (χ3v) is 6.02. The molecule has 0 amide bonds. The van der Waals surface area contributed by atoms with Crippen molar-refractivity contribution in [2.45, 2.75) is 24.9 Å². The smallest absolute Gasteiger partial charge is 0.354 e. The molecule has 2 aliphatic rings. The molecule has 5 rings (SSSR count). The Morgan fingerprint density at radius 3 is 2.29 bits per heavy atom. The lowest BCUT2D eigenvalue weighted by Crippen LogP contribution is -2.18. The lowest BCUT2D eigenvalue weighted by Gasteiger charge is -2.13. The number of benzene rings is 2. The van der Waals surface area contributed by atoms with Gasteiger partial charge in [-0.3, -0.25) is 14.5 Å². The van der Waals surface area contributed by atoms with Gasteiger partial charge in [-0.15, -0.1) is 11.6 Å². The fraction of sp³-hybridized carbons (Fsp3) is 0.160. The molecule has 10 heteroatoms. The molecule has 6 nitrogen and oxygen atoms in total. The van der Waals surface area contributed by atoms with Crippen LogP contribution in [0.25, 0.3) is 17.1 Å². The van der Waals surface area contributed by atoms with E-state index < -0.39 is 17.4 Å². The number of aromatic amines is 2. The summed E-state index contributed by atoms with van der Waals surface area (Å²) in [4.78, 5) is 21.2. The van der Waals surface area contributed by atoms with Crippen LogP contribution in [-0.4, -0.2) is 24.7 Å². The van der Waals surface area contributed by atoms with Gasteiger partial charge in [0, 0.05) is 24.6 Å². The number of aromatic nitrogens is 5. The van der Waals surface area contributed by atoms with Crippen molar-refractivity contribution < 1.29 is 13.2 Å². The van der Waals surface area contributed by atoms with Crippen molar-refractivity contribution in [1.29, 1.82) is 0 Å². The van der Waals surface area contributed by atoms with Crippen LogP contribution in [0, 0.1) is 0 Å². The molecule has 2 aliphatic heterocycles. The van der Waals surface area contributed by atoms with Gasteiger partial charge in [-0.1, -0.05) is 60.7 Å². The predicted octanol–water partition coefficient (Wildman–Crippen LogP) is 5.33. The largest absolute Gasteiger partial charge is 0.435 e. The van der Waals surface area contributed by atoms with E-state index in [1.165, 1.54) is 4.57 Å². The van der Waals surface area contributed by atoms with Crippen LogP contribution in [-0.2, 0) is 24.9 Å². The molecule has 0 spiro atoms. The predicted molar refractivity (Wildman–Crippen MR) is 126 cm³/mol. The number of nitrogens with one attached hydrogen (secondary N) is 2. The maximum absolute atomic E-state index is 13.5. The molecule has 2 N–H and O–H groups in total. The number of H-pyrrole nitrogens is 2. The van der Waals surface area contributed by atoms with E-state index in [2.05, 4.69) is 20.2 Å². The molecule has 2 aromatic carbocycles. The fourth-order valence-corrected chi connectivity index (χ4v) is 4.31. The highest BCUT2D eigenvalue weighted by Gasteiger charge is 2.38. The van der Waals surface area contributed by atoms with E-state index in [0.717, 1.165) is 11.1 Å². The fourth-order valence-electron chi connectivity index (χ4n) is 4.08. The van der Waals surface area contributed by atoms with E-state index in [0.29, 0.717) is 23.6 Å². The molecular formula is C25H19ClF3N5O. The number of rotatable bonds is 6. The van der Waals surface area contributed by atoms with E-state index in [1.54, 1.807) is 6.20 Å². The minimum absolute atomic E-state index is 0.0174. The quantitative estimate of drug-likeness (QED) is 0.311. The minimum atomic E-state index is -4.69. The first kappa shape index (κ1) is 22.9. The molecule has 35 heavy (non-hydrogen) atoms. The van der Waals surface area contributed by atoms with Gasteiger partial charge in [0.2, 0.25) is 0 Å². The number of alkyl halides is 4. The van der Waals surface area contributed by atoms with E-state index in [4.69, 9.17) is 11.6 Å². The molecule has 0 unspecified atom stereocenters. The molecule has 0 atom stereocenters. The Hall–Kier alpha value is -3.85. The molecule has 0 saturated carbocycles. The third kappa shape index (κ3) is 4.46. The zero-order valence-corrected chi connectivity index (χ0v) is 19.0. The van der Waals surface area contributed by atoms with Crippen molar-refractivity contribution >= 4 is 11.6 Å². The third-order valence-electron chi connectivity index (χ3n) is 5.76. The summed E-state index contributed by atoms with van der Waals surface area (Å²) in [5.41, 5.74) is 1.54. The zero-order valence-electron chi connectivity index (χ0n) is 18.2. The van der Waals surface area contributed by atoms with Crippen LogP contribution in [0.3, 0.4) is 0 Å². The Labute approximate surface area is 202 Å². The first-order chi connectivity index (χ1) is 16.8. The Morgan fingerprint density at radius 1 is 0.943 bits per heavy atom. The standard InChI is InChI=1S/C25H19ClF3N5O/c26-13-20-17(22(33-32-20)25(27,28)29)12-19-24(35)34-14-21(16-9-5-2-6-10-16)30-18(23(34)31-19)11-15-7-3-1-4-8-15/h1-10,14,30H,11-13H2,(H,32,33). The summed E-state index contributed by atoms with van der Waals surface area (Å²) in [5, 5.41) is 5.72. The molecular weight excluding hydrogens is 479 g/mol. The van der Waals surface area contributed by atoms with Crippen LogP contribution in [0.2, 0.25) is 0 Å². The summed E-state index contributed by atoms with van der Waals surface area (Å²) in [5.74, 6) is 0.156. The van der Waals surface area contributed by atoms with Crippen molar-refractivity contribution in [3.63, 3.8) is 0 Å². The number of imidazole rings is 1. The number of hydrogen-bond acceptors (Lipinski definition) is 3. The van der Waals surface area contributed by atoms with Gasteiger partial charge in [-0.05, 0) is 11.1 Å². The maximum Gasteiger partial charge on any atom is 0.435 e. The summed E-state index contributed by atoms with van der Waals surface area (Å²) < 4.78 is 41.9. The second-order valence-electron chi connectivity index (χ2n) is 8.07. The van der Waals surface area contributed by atoms with Gasteiger partial charge in [-0.25, -0.2) is 4.98 Å². The lowest BCUT2D eigenvalue weighted by atomic mass is 10.1. The summed E-state index contributed by atoms with van der Waals surface area (Å²) in [6, 6.07) is 19.1. The lowest BCUT2D eigenvalue weighted by molar-refractivity contribution is -0.141. The van der Waals surface area contributed by atoms with Gasteiger partial charge >= 0.3 is 6.18 Å². The number of hydrogen-bond donors (Lipinski definition) is 2. The van der Waals surface area contributed by atoms with Crippen LogP contribution in [0.15, 0.2) is 71.7 Å². The van der Waals surface area contributed by atoms with Crippen LogP contribution in [0.1, 0.15) is 33.9 Å². The van der Waals surface area contributed by atoms with Crippen LogP contribution in [0.5, 0.6) is 0 Å². The summed E-state index contributed by atoms with van der Waals surface area (Å²) in [6.07, 6.45) is -2.96. The molecule has 3 heterocycles. The normalized spacial score (nSPS) is 11.9. The summed E-state index contributed by atoms with van der Waals surface area (Å²) >= 11 is 5.84. The van der Waals surface area contributed by atoms with Crippen molar-refractivity contribution in [1.82, 2.24) is 24.7 Å². The van der Waals surface area contributed by atoms with Gasteiger partial charge in [0.05, 0.1) is 23.0 Å². The van der Waals surface area contributed by atoms with Crippen molar-refractivity contribution in [2.75, 3.05) is 0 Å².